The molecule has 1 N–H and O–H groups in total. The first-order valence-electron chi connectivity index (χ1n) is 6.62. The Morgan fingerprint density at radius 3 is 2.82 bits per heavy atom. The molecule has 0 aliphatic heterocycles. The Balaban J connectivity index is 2.23. The smallest absolute Gasteiger partial charge is 0.330 e. The summed E-state index contributed by atoms with van der Waals surface area (Å²) in [4.78, 5) is 11.5. The number of rotatable bonds is 2. The highest BCUT2D eigenvalue weighted by atomic mass is 16.5. The Labute approximate surface area is 103 Å². The van der Waals surface area contributed by atoms with Crippen LogP contribution in [0.2, 0.25) is 0 Å². The van der Waals surface area contributed by atoms with Crippen molar-refractivity contribution < 1.29 is 14.6 Å². The van der Waals surface area contributed by atoms with E-state index in [1.54, 1.807) is 6.92 Å². The van der Waals surface area contributed by atoms with Crippen molar-refractivity contribution in [3.05, 3.63) is 11.6 Å². The lowest BCUT2D eigenvalue weighted by atomic mass is 9.65. The molecule has 0 heterocycles. The summed E-state index contributed by atoms with van der Waals surface area (Å²) in [6.07, 6.45) is 7.41. The highest BCUT2D eigenvalue weighted by Crippen LogP contribution is 2.57. The summed E-state index contributed by atoms with van der Waals surface area (Å²) in [5.74, 6) is -0.314. The van der Waals surface area contributed by atoms with Gasteiger partial charge < -0.3 is 9.84 Å². The van der Waals surface area contributed by atoms with E-state index in [-0.39, 0.29) is 11.4 Å². The van der Waals surface area contributed by atoms with Gasteiger partial charge >= 0.3 is 5.97 Å². The summed E-state index contributed by atoms with van der Waals surface area (Å²) in [5, 5.41) is 10.9. The molecule has 0 amide bonds. The molecule has 0 saturated heterocycles. The lowest BCUT2D eigenvalue weighted by Gasteiger charge is -2.44. The van der Waals surface area contributed by atoms with Crippen LogP contribution in [0.5, 0.6) is 0 Å². The lowest BCUT2D eigenvalue weighted by Crippen LogP contribution is -2.45. The van der Waals surface area contributed by atoms with E-state index in [0.29, 0.717) is 6.61 Å². The summed E-state index contributed by atoms with van der Waals surface area (Å²) < 4.78 is 4.94. The molecule has 2 rings (SSSR count). The molecule has 2 aliphatic carbocycles. The van der Waals surface area contributed by atoms with Gasteiger partial charge in [0.15, 0.2) is 0 Å². The van der Waals surface area contributed by atoms with Gasteiger partial charge in [-0.2, -0.15) is 0 Å². The van der Waals surface area contributed by atoms with E-state index in [1.807, 2.05) is 0 Å². The lowest BCUT2D eigenvalue weighted by molar-refractivity contribution is -0.137. The van der Waals surface area contributed by atoms with Crippen LogP contribution in [0.15, 0.2) is 11.6 Å². The number of hydrogen-bond donors (Lipinski definition) is 1. The molecule has 2 atom stereocenters. The van der Waals surface area contributed by atoms with E-state index in [2.05, 4.69) is 6.92 Å². The van der Waals surface area contributed by atoms with E-state index < -0.39 is 5.60 Å². The standard InChI is InChI=1S/C14H22O3/c1-3-17-12(15)10-11-6-9-13(2)7-4-5-8-14(11,13)16/h10,16H,3-9H2,1-2H3/b11-10+/t13-,14-/m0/s1. The van der Waals surface area contributed by atoms with E-state index >= 15 is 0 Å². The highest BCUT2D eigenvalue weighted by molar-refractivity contribution is 5.83. The summed E-state index contributed by atoms with van der Waals surface area (Å²) in [6, 6.07) is 0. The first-order chi connectivity index (χ1) is 8.02. The Morgan fingerprint density at radius 2 is 2.12 bits per heavy atom. The van der Waals surface area contributed by atoms with Gasteiger partial charge in [-0.15, -0.1) is 0 Å². The number of carbonyl (C=O) groups is 1. The van der Waals surface area contributed by atoms with E-state index in [4.69, 9.17) is 4.74 Å². The largest absolute Gasteiger partial charge is 0.463 e. The molecule has 17 heavy (non-hydrogen) atoms. The van der Waals surface area contributed by atoms with Crippen molar-refractivity contribution in [2.24, 2.45) is 5.41 Å². The molecule has 96 valence electrons. The van der Waals surface area contributed by atoms with Crippen LogP contribution in [0.3, 0.4) is 0 Å². The van der Waals surface area contributed by atoms with Crippen LogP contribution in [0.1, 0.15) is 52.4 Å². The normalized spacial score (nSPS) is 39.1. The van der Waals surface area contributed by atoms with Crippen LogP contribution in [-0.2, 0) is 9.53 Å². The van der Waals surface area contributed by atoms with Crippen LogP contribution < -0.4 is 0 Å². The predicted octanol–water partition coefficient (Wildman–Crippen LogP) is 2.58. The van der Waals surface area contributed by atoms with E-state index in [9.17, 15) is 9.90 Å². The van der Waals surface area contributed by atoms with Gasteiger partial charge in [-0.1, -0.05) is 19.8 Å². The van der Waals surface area contributed by atoms with Crippen LogP contribution in [0, 0.1) is 5.41 Å². The fourth-order valence-corrected chi connectivity index (χ4v) is 3.42. The zero-order valence-corrected chi connectivity index (χ0v) is 10.8. The van der Waals surface area contributed by atoms with Gasteiger partial charge in [-0.25, -0.2) is 4.79 Å². The number of aliphatic hydroxyl groups is 1. The Bertz CT molecular complexity index is 347. The van der Waals surface area contributed by atoms with Gasteiger partial charge in [0, 0.05) is 11.5 Å². The molecule has 0 aromatic carbocycles. The van der Waals surface area contributed by atoms with Crippen LogP contribution in [-0.4, -0.2) is 23.3 Å². The topological polar surface area (TPSA) is 46.5 Å². The molecule has 2 saturated carbocycles. The van der Waals surface area contributed by atoms with Crippen LogP contribution >= 0.6 is 0 Å². The molecule has 3 nitrogen and oxygen atoms in total. The summed E-state index contributed by atoms with van der Waals surface area (Å²) in [6.45, 7) is 4.33. The molecule has 0 radical (unpaired) electrons. The van der Waals surface area contributed by atoms with Gasteiger partial charge in [0.2, 0.25) is 0 Å². The second-order valence-corrected chi connectivity index (χ2v) is 5.55. The molecule has 0 spiro atoms. The van der Waals surface area contributed by atoms with E-state index in [1.165, 1.54) is 12.5 Å². The molecule has 3 heteroatoms. The number of esters is 1. The molecule has 0 bridgehead atoms. The van der Waals surface area contributed by atoms with Crippen molar-refractivity contribution in [2.75, 3.05) is 6.61 Å². The molecule has 2 fully saturated rings. The van der Waals surface area contributed by atoms with Gasteiger partial charge in [-0.05, 0) is 38.2 Å². The quantitative estimate of drug-likeness (QED) is 0.594. The predicted molar refractivity (Wildman–Crippen MR) is 65.5 cm³/mol. The average molecular weight is 238 g/mol. The third-order valence-corrected chi connectivity index (χ3v) is 4.57. The third kappa shape index (κ3) is 2.01. The minimum absolute atomic E-state index is 0.0381. The highest BCUT2D eigenvalue weighted by Gasteiger charge is 2.54. The van der Waals surface area contributed by atoms with Crippen molar-refractivity contribution in [1.29, 1.82) is 0 Å². The third-order valence-electron chi connectivity index (χ3n) is 4.57. The van der Waals surface area contributed by atoms with Crippen molar-refractivity contribution in [3.63, 3.8) is 0 Å². The summed E-state index contributed by atoms with van der Waals surface area (Å²) in [7, 11) is 0. The Hall–Kier alpha value is -0.830. The minimum atomic E-state index is -0.766. The van der Waals surface area contributed by atoms with Gasteiger partial charge in [-0.3, -0.25) is 0 Å². The average Bonchev–Trinajstić information content (AvgIpc) is 2.53. The fourth-order valence-electron chi connectivity index (χ4n) is 3.42. The van der Waals surface area contributed by atoms with Crippen molar-refractivity contribution in [3.8, 4) is 0 Å². The van der Waals surface area contributed by atoms with Crippen molar-refractivity contribution in [1.82, 2.24) is 0 Å². The first-order valence-corrected chi connectivity index (χ1v) is 6.62. The maximum Gasteiger partial charge on any atom is 0.330 e. The summed E-state index contributed by atoms with van der Waals surface area (Å²) in [5.41, 5.74) is 0.0832. The first kappa shape index (κ1) is 12.6. The molecule has 2 aliphatic rings. The van der Waals surface area contributed by atoms with Gasteiger partial charge in [0.25, 0.3) is 0 Å². The maximum absolute atomic E-state index is 11.5. The number of ether oxygens (including phenoxy) is 1. The second kappa shape index (κ2) is 4.45. The van der Waals surface area contributed by atoms with Crippen molar-refractivity contribution >= 4 is 5.97 Å². The maximum atomic E-state index is 11.5. The number of fused-ring (bicyclic) bond motifs is 1. The number of hydrogen-bond acceptors (Lipinski definition) is 3. The SMILES string of the molecule is CCOC(=O)/C=C1\CC[C@]2(C)CCCC[C@]12O. The molecule has 0 unspecified atom stereocenters. The number of carbonyl (C=O) groups excluding carboxylic acids is 1. The van der Waals surface area contributed by atoms with E-state index in [0.717, 1.165) is 37.7 Å². The Kier molecular flexibility index (Phi) is 3.30. The molecule has 0 aromatic heterocycles. The fraction of sp³-hybridized carbons (Fsp3) is 0.786. The van der Waals surface area contributed by atoms with Gasteiger partial charge in [0.05, 0.1) is 12.2 Å². The summed E-state index contributed by atoms with van der Waals surface area (Å²) >= 11 is 0. The van der Waals surface area contributed by atoms with Crippen molar-refractivity contribution in [2.45, 2.75) is 58.0 Å². The van der Waals surface area contributed by atoms with Crippen LogP contribution in [0.4, 0.5) is 0 Å². The molecule has 0 aromatic rings. The zero-order chi connectivity index (χ0) is 12.5. The zero-order valence-electron chi connectivity index (χ0n) is 10.8. The Morgan fingerprint density at radius 1 is 1.41 bits per heavy atom. The minimum Gasteiger partial charge on any atom is -0.463 e. The second-order valence-electron chi connectivity index (χ2n) is 5.55. The monoisotopic (exact) mass is 238 g/mol. The molecular weight excluding hydrogens is 216 g/mol. The van der Waals surface area contributed by atoms with Gasteiger partial charge in [0.1, 0.15) is 0 Å². The molecular formula is C14H22O3. The van der Waals surface area contributed by atoms with Crippen LogP contribution in [0.25, 0.3) is 0 Å².